The second kappa shape index (κ2) is 6.80. The fourth-order valence-corrected chi connectivity index (χ4v) is 3.43. The maximum atomic E-state index is 12.6. The number of nitrogens with one attached hydrogen (secondary N) is 1. The number of hydrogen-bond acceptors (Lipinski definition) is 2. The van der Waals surface area contributed by atoms with Crippen molar-refractivity contribution in [3.63, 3.8) is 0 Å². The molecule has 4 heteroatoms. The predicted molar refractivity (Wildman–Crippen MR) is 88.2 cm³/mol. The third-order valence-electron chi connectivity index (χ3n) is 4.77. The number of piperidine rings is 1. The Bertz CT molecular complexity index is 486. The maximum absolute atomic E-state index is 12.6. The Labute approximate surface area is 133 Å². The Balaban J connectivity index is 0.00000161. The lowest BCUT2D eigenvalue weighted by Gasteiger charge is -2.35. The summed E-state index contributed by atoms with van der Waals surface area (Å²) in [5, 5.41) is 3.54. The van der Waals surface area contributed by atoms with Gasteiger partial charge in [0.1, 0.15) is 0 Å². The number of fused-ring (bicyclic) bond motifs is 1. The lowest BCUT2D eigenvalue weighted by Crippen LogP contribution is -2.46. The molecule has 0 spiro atoms. The average Bonchev–Trinajstić information content (AvgIpc) is 2.94. The summed E-state index contributed by atoms with van der Waals surface area (Å²) in [6.45, 7) is 7.27. The van der Waals surface area contributed by atoms with Crippen molar-refractivity contribution in [2.24, 2.45) is 5.92 Å². The lowest BCUT2D eigenvalue weighted by atomic mass is 9.93. The van der Waals surface area contributed by atoms with Gasteiger partial charge in [-0.1, -0.05) is 26.0 Å². The molecule has 116 valence electrons. The van der Waals surface area contributed by atoms with Crippen molar-refractivity contribution in [1.82, 2.24) is 10.2 Å². The molecule has 1 amide bonds. The van der Waals surface area contributed by atoms with Crippen LogP contribution in [0.3, 0.4) is 0 Å². The summed E-state index contributed by atoms with van der Waals surface area (Å²) in [4.78, 5) is 14.6. The molecule has 2 saturated heterocycles. The van der Waals surface area contributed by atoms with E-state index in [9.17, 15) is 4.79 Å². The van der Waals surface area contributed by atoms with Gasteiger partial charge in [0.15, 0.2) is 0 Å². The molecule has 2 aliphatic heterocycles. The number of carbonyl (C=O) groups is 1. The van der Waals surface area contributed by atoms with Crippen LogP contribution in [0, 0.1) is 5.92 Å². The molecule has 2 aliphatic rings. The smallest absolute Gasteiger partial charge is 0.253 e. The van der Waals surface area contributed by atoms with Crippen LogP contribution in [0.2, 0.25) is 0 Å². The van der Waals surface area contributed by atoms with Crippen molar-refractivity contribution in [3.05, 3.63) is 35.4 Å². The van der Waals surface area contributed by atoms with Gasteiger partial charge in [-0.15, -0.1) is 12.4 Å². The summed E-state index contributed by atoms with van der Waals surface area (Å²) in [5.41, 5.74) is 2.12. The van der Waals surface area contributed by atoms with Gasteiger partial charge >= 0.3 is 0 Å². The second-order valence-electron chi connectivity index (χ2n) is 6.43. The minimum atomic E-state index is 0. The number of amides is 1. The minimum absolute atomic E-state index is 0. The Morgan fingerprint density at radius 2 is 1.95 bits per heavy atom. The van der Waals surface area contributed by atoms with Gasteiger partial charge in [-0.3, -0.25) is 4.79 Å². The normalized spacial score (nSPS) is 24.6. The molecule has 2 atom stereocenters. The molecule has 0 radical (unpaired) electrons. The fraction of sp³-hybridized carbons (Fsp3) is 0.588. The van der Waals surface area contributed by atoms with Crippen LogP contribution in [0.1, 0.15) is 48.5 Å². The number of rotatable bonds is 2. The van der Waals surface area contributed by atoms with Crippen LogP contribution in [0.5, 0.6) is 0 Å². The monoisotopic (exact) mass is 308 g/mol. The number of halogens is 1. The molecule has 21 heavy (non-hydrogen) atoms. The van der Waals surface area contributed by atoms with Crippen molar-refractivity contribution in [2.45, 2.75) is 38.6 Å². The summed E-state index contributed by atoms with van der Waals surface area (Å²) < 4.78 is 0. The van der Waals surface area contributed by atoms with Crippen LogP contribution in [-0.2, 0) is 0 Å². The van der Waals surface area contributed by atoms with Gasteiger partial charge in [0.05, 0.1) is 0 Å². The zero-order valence-electron chi connectivity index (χ0n) is 12.8. The summed E-state index contributed by atoms with van der Waals surface area (Å²) in [6.07, 6.45) is 2.31. The number of carbonyl (C=O) groups excluding carboxylic acids is 1. The molecule has 1 aromatic rings. The molecular formula is C17H25ClN2O. The van der Waals surface area contributed by atoms with E-state index in [0.717, 1.165) is 31.6 Å². The topological polar surface area (TPSA) is 32.3 Å². The molecule has 2 fully saturated rings. The largest absolute Gasteiger partial charge is 0.338 e. The highest BCUT2D eigenvalue weighted by molar-refractivity contribution is 5.94. The first-order valence-corrected chi connectivity index (χ1v) is 7.78. The van der Waals surface area contributed by atoms with E-state index >= 15 is 0 Å². The molecule has 3 rings (SSSR count). The second-order valence-corrected chi connectivity index (χ2v) is 6.43. The molecule has 2 unspecified atom stereocenters. The van der Waals surface area contributed by atoms with Crippen molar-refractivity contribution >= 4 is 18.3 Å². The summed E-state index contributed by atoms with van der Waals surface area (Å²) in [6, 6.07) is 8.78. The van der Waals surface area contributed by atoms with Crippen LogP contribution in [-0.4, -0.2) is 36.5 Å². The van der Waals surface area contributed by atoms with Crippen LogP contribution < -0.4 is 5.32 Å². The zero-order chi connectivity index (χ0) is 14.1. The van der Waals surface area contributed by atoms with Crippen LogP contribution in [0.15, 0.2) is 24.3 Å². The van der Waals surface area contributed by atoms with Crippen molar-refractivity contribution in [3.8, 4) is 0 Å². The third kappa shape index (κ3) is 3.41. The first kappa shape index (κ1) is 16.3. The van der Waals surface area contributed by atoms with Gasteiger partial charge in [-0.2, -0.15) is 0 Å². The molecule has 2 heterocycles. The molecule has 1 aromatic carbocycles. The van der Waals surface area contributed by atoms with Gasteiger partial charge in [0.25, 0.3) is 5.91 Å². The van der Waals surface area contributed by atoms with E-state index in [2.05, 4.69) is 31.3 Å². The molecule has 3 nitrogen and oxygen atoms in total. The summed E-state index contributed by atoms with van der Waals surface area (Å²) >= 11 is 0. The summed E-state index contributed by atoms with van der Waals surface area (Å²) in [7, 11) is 0. The van der Waals surface area contributed by atoms with Gasteiger partial charge in [0.2, 0.25) is 0 Å². The Hall–Kier alpha value is -1.06. The molecule has 0 aliphatic carbocycles. The van der Waals surface area contributed by atoms with E-state index in [4.69, 9.17) is 0 Å². The maximum Gasteiger partial charge on any atom is 0.253 e. The number of benzene rings is 1. The van der Waals surface area contributed by atoms with Crippen LogP contribution in [0.4, 0.5) is 0 Å². The van der Waals surface area contributed by atoms with Crippen LogP contribution >= 0.6 is 12.4 Å². The van der Waals surface area contributed by atoms with E-state index in [1.54, 1.807) is 0 Å². The van der Waals surface area contributed by atoms with E-state index in [1.807, 2.05) is 17.0 Å². The molecule has 0 bridgehead atoms. The Morgan fingerprint density at radius 3 is 2.62 bits per heavy atom. The van der Waals surface area contributed by atoms with Gasteiger partial charge < -0.3 is 10.2 Å². The van der Waals surface area contributed by atoms with E-state index in [0.29, 0.717) is 17.9 Å². The first-order valence-electron chi connectivity index (χ1n) is 7.78. The fourth-order valence-electron chi connectivity index (χ4n) is 3.43. The zero-order valence-corrected chi connectivity index (χ0v) is 13.7. The Kier molecular flexibility index (Phi) is 5.28. The van der Waals surface area contributed by atoms with E-state index in [1.165, 1.54) is 12.0 Å². The van der Waals surface area contributed by atoms with Crippen LogP contribution in [0.25, 0.3) is 0 Å². The third-order valence-corrected chi connectivity index (χ3v) is 4.77. The van der Waals surface area contributed by atoms with E-state index < -0.39 is 0 Å². The lowest BCUT2D eigenvalue weighted by molar-refractivity contribution is 0.0662. The van der Waals surface area contributed by atoms with E-state index in [-0.39, 0.29) is 18.3 Å². The summed E-state index contributed by atoms with van der Waals surface area (Å²) in [5.74, 6) is 1.37. The highest BCUT2D eigenvalue weighted by Crippen LogP contribution is 2.25. The first-order chi connectivity index (χ1) is 9.65. The highest BCUT2D eigenvalue weighted by Gasteiger charge is 2.34. The minimum Gasteiger partial charge on any atom is -0.338 e. The highest BCUT2D eigenvalue weighted by atomic mass is 35.5. The quantitative estimate of drug-likeness (QED) is 0.910. The molecule has 1 N–H and O–H groups in total. The molecule has 0 aromatic heterocycles. The van der Waals surface area contributed by atoms with Crippen molar-refractivity contribution in [1.29, 1.82) is 0 Å². The van der Waals surface area contributed by atoms with Gasteiger partial charge in [-0.25, -0.2) is 0 Å². The van der Waals surface area contributed by atoms with Gasteiger partial charge in [-0.05, 0) is 48.9 Å². The van der Waals surface area contributed by atoms with Crippen molar-refractivity contribution < 1.29 is 4.79 Å². The molecule has 0 saturated carbocycles. The number of nitrogens with zero attached hydrogens (tertiary/aromatic N) is 1. The SMILES string of the molecule is CC(C)c1ccc(C(=O)N2CCC3NCCC3C2)cc1.Cl. The van der Waals surface area contributed by atoms with Gasteiger partial charge in [0, 0.05) is 24.7 Å². The predicted octanol–water partition coefficient (Wildman–Crippen LogP) is 3.06. The Morgan fingerprint density at radius 1 is 1.24 bits per heavy atom. The average molecular weight is 309 g/mol. The van der Waals surface area contributed by atoms with Crippen molar-refractivity contribution in [2.75, 3.05) is 19.6 Å². The molecular weight excluding hydrogens is 284 g/mol. The number of likely N-dealkylation sites (tertiary alicyclic amines) is 1. The number of hydrogen-bond donors (Lipinski definition) is 1. The standard InChI is InChI=1S/C17H24N2O.ClH/c1-12(2)13-3-5-14(6-4-13)17(20)19-10-8-16-15(11-19)7-9-18-16;/h3-6,12,15-16,18H,7-11H2,1-2H3;1H.